The Bertz CT molecular complexity index is 479. The van der Waals surface area contributed by atoms with Gasteiger partial charge >= 0.3 is 5.97 Å². The lowest BCUT2D eigenvalue weighted by atomic mass is 10.3. The Morgan fingerprint density at radius 3 is 2.90 bits per heavy atom. The zero-order valence-corrected chi connectivity index (χ0v) is 12.5. The molecule has 0 unspecified atom stereocenters. The van der Waals surface area contributed by atoms with Crippen LogP contribution in [0.2, 0.25) is 0 Å². The predicted octanol–water partition coefficient (Wildman–Crippen LogP) is 2.03. The molecule has 0 saturated carbocycles. The SMILES string of the molecule is COCc1nc(CCN2CCCC2)sc1/C=C/C(=O)O. The van der Waals surface area contributed by atoms with E-state index in [4.69, 9.17) is 9.84 Å². The molecule has 0 spiro atoms. The summed E-state index contributed by atoms with van der Waals surface area (Å²) in [6.45, 7) is 3.81. The smallest absolute Gasteiger partial charge is 0.328 e. The van der Waals surface area contributed by atoms with E-state index in [1.165, 1.54) is 25.9 Å². The van der Waals surface area contributed by atoms with Gasteiger partial charge in [0.2, 0.25) is 0 Å². The van der Waals surface area contributed by atoms with E-state index in [1.54, 1.807) is 24.5 Å². The summed E-state index contributed by atoms with van der Waals surface area (Å²) in [7, 11) is 1.62. The van der Waals surface area contributed by atoms with Crippen molar-refractivity contribution < 1.29 is 14.6 Å². The fraction of sp³-hybridized carbons (Fsp3) is 0.571. The Morgan fingerprint density at radius 2 is 2.25 bits per heavy atom. The number of thiazole rings is 1. The number of aliphatic carboxylic acids is 1. The zero-order chi connectivity index (χ0) is 14.4. The molecule has 1 aromatic heterocycles. The number of ether oxygens (including phenoxy) is 1. The van der Waals surface area contributed by atoms with Gasteiger partial charge < -0.3 is 14.7 Å². The fourth-order valence-electron chi connectivity index (χ4n) is 2.30. The Hall–Kier alpha value is -1.24. The van der Waals surface area contributed by atoms with E-state index >= 15 is 0 Å². The van der Waals surface area contributed by atoms with E-state index in [-0.39, 0.29) is 0 Å². The first kappa shape index (κ1) is 15.2. The molecule has 0 aromatic carbocycles. The lowest BCUT2D eigenvalue weighted by Crippen LogP contribution is -2.21. The maximum absolute atomic E-state index is 10.6. The maximum Gasteiger partial charge on any atom is 0.328 e. The molecule has 2 heterocycles. The Kier molecular flexibility index (Phi) is 5.70. The first-order valence-corrected chi connectivity index (χ1v) is 7.61. The van der Waals surface area contributed by atoms with Gasteiger partial charge in [0, 0.05) is 26.2 Å². The van der Waals surface area contributed by atoms with Gasteiger partial charge in [0.25, 0.3) is 0 Å². The number of likely N-dealkylation sites (tertiary alicyclic amines) is 1. The van der Waals surface area contributed by atoms with Gasteiger partial charge in [-0.3, -0.25) is 0 Å². The second kappa shape index (κ2) is 7.52. The molecule has 1 saturated heterocycles. The quantitative estimate of drug-likeness (QED) is 0.780. The Morgan fingerprint density at radius 1 is 1.50 bits per heavy atom. The minimum atomic E-state index is -0.944. The van der Waals surface area contributed by atoms with Crippen molar-refractivity contribution in [2.75, 3.05) is 26.7 Å². The van der Waals surface area contributed by atoms with Crippen molar-refractivity contribution in [3.63, 3.8) is 0 Å². The summed E-state index contributed by atoms with van der Waals surface area (Å²) >= 11 is 1.56. The van der Waals surface area contributed by atoms with Gasteiger partial charge in [-0.2, -0.15) is 0 Å². The van der Waals surface area contributed by atoms with Crippen LogP contribution in [-0.4, -0.2) is 47.7 Å². The van der Waals surface area contributed by atoms with E-state index < -0.39 is 5.97 Å². The van der Waals surface area contributed by atoms with Crippen molar-refractivity contribution in [3.8, 4) is 0 Å². The number of carboxylic acids is 1. The van der Waals surface area contributed by atoms with Gasteiger partial charge in [-0.1, -0.05) is 0 Å². The molecule has 0 amide bonds. The van der Waals surface area contributed by atoms with Crippen LogP contribution < -0.4 is 0 Å². The van der Waals surface area contributed by atoms with Crippen LogP contribution in [0.5, 0.6) is 0 Å². The summed E-state index contributed by atoms with van der Waals surface area (Å²) in [6, 6.07) is 0. The van der Waals surface area contributed by atoms with Gasteiger partial charge in [-0.05, 0) is 32.0 Å². The Labute approximate surface area is 122 Å². The van der Waals surface area contributed by atoms with Crippen molar-refractivity contribution in [2.45, 2.75) is 25.9 Å². The second-order valence-corrected chi connectivity index (χ2v) is 5.94. The van der Waals surface area contributed by atoms with Crippen LogP contribution >= 0.6 is 11.3 Å². The van der Waals surface area contributed by atoms with E-state index in [9.17, 15) is 4.79 Å². The number of carbonyl (C=O) groups is 1. The van der Waals surface area contributed by atoms with Crippen LogP contribution in [0.3, 0.4) is 0 Å². The molecule has 1 aliphatic rings. The van der Waals surface area contributed by atoms with Crippen molar-refractivity contribution in [3.05, 3.63) is 21.7 Å². The molecule has 5 nitrogen and oxygen atoms in total. The molecule has 1 aromatic rings. The first-order valence-electron chi connectivity index (χ1n) is 6.80. The van der Waals surface area contributed by atoms with Crippen LogP contribution in [-0.2, 0) is 22.6 Å². The molecule has 1 fully saturated rings. The molecule has 0 atom stereocenters. The number of rotatable bonds is 7. The standard InChI is InChI=1S/C14H20N2O3S/c1-19-10-11-12(4-5-14(17)18)20-13(15-11)6-9-16-7-2-3-8-16/h4-5H,2-3,6-10H2,1H3,(H,17,18)/b5-4+. The summed E-state index contributed by atoms with van der Waals surface area (Å²) in [5, 5.41) is 9.76. The topological polar surface area (TPSA) is 62.7 Å². The van der Waals surface area contributed by atoms with Gasteiger partial charge in [0.05, 0.1) is 22.2 Å². The highest BCUT2D eigenvalue weighted by atomic mass is 32.1. The summed E-state index contributed by atoms with van der Waals surface area (Å²) in [5.74, 6) is -0.944. The van der Waals surface area contributed by atoms with Crippen LogP contribution in [0, 0.1) is 0 Å². The molecule has 20 heavy (non-hydrogen) atoms. The van der Waals surface area contributed by atoms with Crippen LogP contribution in [0.15, 0.2) is 6.08 Å². The molecule has 6 heteroatoms. The molecular weight excluding hydrogens is 276 g/mol. The fourth-order valence-corrected chi connectivity index (χ4v) is 3.26. The molecule has 1 aliphatic heterocycles. The largest absolute Gasteiger partial charge is 0.478 e. The third kappa shape index (κ3) is 4.40. The molecule has 0 radical (unpaired) electrons. The number of hydrogen-bond acceptors (Lipinski definition) is 5. The van der Waals surface area contributed by atoms with Gasteiger partial charge in [-0.15, -0.1) is 11.3 Å². The summed E-state index contributed by atoms with van der Waals surface area (Å²) in [5.41, 5.74) is 0.825. The highest BCUT2D eigenvalue weighted by Crippen LogP contribution is 2.22. The number of nitrogens with zero attached hydrogens (tertiary/aromatic N) is 2. The van der Waals surface area contributed by atoms with E-state index in [1.807, 2.05) is 0 Å². The van der Waals surface area contributed by atoms with Crippen LogP contribution in [0.1, 0.15) is 28.4 Å². The van der Waals surface area contributed by atoms with Crippen molar-refractivity contribution >= 4 is 23.4 Å². The van der Waals surface area contributed by atoms with E-state index in [0.29, 0.717) is 6.61 Å². The lowest BCUT2D eigenvalue weighted by molar-refractivity contribution is -0.131. The van der Waals surface area contributed by atoms with Crippen molar-refractivity contribution in [2.24, 2.45) is 0 Å². The normalized spacial score (nSPS) is 16.2. The lowest BCUT2D eigenvalue weighted by Gasteiger charge is -2.12. The summed E-state index contributed by atoms with van der Waals surface area (Å²) in [4.78, 5) is 18.5. The minimum Gasteiger partial charge on any atom is -0.478 e. The van der Waals surface area contributed by atoms with E-state index in [0.717, 1.165) is 34.6 Å². The van der Waals surface area contributed by atoms with Crippen LogP contribution in [0.25, 0.3) is 6.08 Å². The molecule has 0 aliphatic carbocycles. The second-order valence-electron chi connectivity index (χ2n) is 4.82. The zero-order valence-electron chi connectivity index (χ0n) is 11.7. The Balaban J connectivity index is 2.01. The first-order chi connectivity index (χ1) is 9.69. The number of carboxylic acid groups (broad SMARTS) is 1. The van der Waals surface area contributed by atoms with Crippen molar-refractivity contribution in [1.29, 1.82) is 0 Å². The molecule has 110 valence electrons. The van der Waals surface area contributed by atoms with E-state index in [2.05, 4.69) is 9.88 Å². The highest BCUT2D eigenvalue weighted by Gasteiger charge is 2.14. The van der Waals surface area contributed by atoms with Gasteiger partial charge in [0.1, 0.15) is 0 Å². The summed E-state index contributed by atoms with van der Waals surface area (Å²) in [6.07, 6.45) is 6.26. The molecule has 1 N–H and O–H groups in total. The third-order valence-corrected chi connectivity index (χ3v) is 4.39. The number of hydrogen-bond donors (Lipinski definition) is 1. The average molecular weight is 296 g/mol. The van der Waals surface area contributed by atoms with Gasteiger partial charge in [-0.25, -0.2) is 9.78 Å². The maximum atomic E-state index is 10.6. The average Bonchev–Trinajstić information content (AvgIpc) is 3.04. The van der Waals surface area contributed by atoms with Crippen molar-refractivity contribution in [1.82, 2.24) is 9.88 Å². The molecular formula is C14H20N2O3S. The predicted molar refractivity (Wildman–Crippen MR) is 78.9 cm³/mol. The monoisotopic (exact) mass is 296 g/mol. The number of aromatic nitrogens is 1. The molecule has 0 bridgehead atoms. The summed E-state index contributed by atoms with van der Waals surface area (Å²) < 4.78 is 5.12. The van der Waals surface area contributed by atoms with Crippen LogP contribution in [0.4, 0.5) is 0 Å². The highest BCUT2D eigenvalue weighted by molar-refractivity contribution is 7.12. The number of methoxy groups -OCH3 is 1. The third-order valence-electron chi connectivity index (χ3n) is 3.27. The molecule has 2 rings (SSSR count). The van der Waals surface area contributed by atoms with Gasteiger partial charge in [0.15, 0.2) is 0 Å². The minimum absolute atomic E-state index is 0.416.